The van der Waals surface area contributed by atoms with Gasteiger partial charge in [0.2, 0.25) is 0 Å². The molecule has 4 heteroatoms. The van der Waals surface area contributed by atoms with Crippen LogP contribution in [0.1, 0.15) is 5.56 Å². The Morgan fingerprint density at radius 3 is 2.78 bits per heavy atom. The van der Waals surface area contributed by atoms with Gasteiger partial charge in [0, 0.05) is 17.7 Å². The molecule has 2 aromatic carbocycles. The van der Waals surface area contributed by atoms with Gasteiger partial charge < -0.3 is 0 Å². The first-order valence-electron chi connectivity index (χ1n) is 5.67. The van der Waals surface area contributed by atoms with Crippen LogP contribution >= 0.6 is 0 Å². The molecule has 0 bridgehead atoms. The van der Waals surface area contributed by atoms with Crippen molar-refractivity contribution >= 4 is 22.8 Å². The molecule has 3 nitrogen and oxygen atoms in total. The molecule has 0 atom stereocenters. The molecule has 0 aliphatic carbocycles. The van der Waals surface area contributed by atoms with Gasteiger partial charge in [0.15, 0.2) is 0 Å². The lowest BCUT2D eigenvalue weighted by molar-refractivity contribution is -0.116. The zero-order chi connectivity index (χ0) is 12.5. The molecule has 2 aromatic rings. The van der Waals surface area contributed by atoms with E-state index >= 15 is 0 Å². The van der Waals surface area contributed by atoms with Crippen molar-refractivity contribution in [2.45, 2.75) is 0 Å². The van der Waals surface area contributed by atoms with Crippen LogP contribution in [0, 0.1) is 5.82 Å². The summed E-state index contributed by atoms with van der Waals surface area (Å²) in [7, 11) is 0. The van der Waals surface area contributed by atoms with Crippen LogP contribution in [0.15, 0.2) is 42.0 Å². The lowest BCUT2D eigenvalue weighted by Gasteiger charge is -2.04. The molecule has 2 N–H and O–H groups in total. The number of fused-ring (bicyclic) bond motifs is 1. The molecular formula is C14H11FN2O. The summed E-state index contributed by atoms with van der Waals surface area (Å²) in [5, 5.41) is 1.77. The molecule has 1 saturated heterocycles. The fourth-order valence-corrected chi connectivity index (χ4v) is 2.09. The minimum absolute atomic E-state index is 0.206. The standard InChI is InChI=1S/C14H11FN2O/c15-13-6-5-9-3-1-2-4-11(9)12(13)7-10-8-16-17-14(10)18/h1-7,16H,8H2,(H,17,18)/b10-7+. The van der Waals surface area contributed by atoms with Crippen LogP contribution in [0.3, 0.4) is 0 Å². The molecule has 18 heavy (non-hydrogen) atoms. The van der Waals surface area contributed by atoms with Crippen molar-refractivity contribution in [3.63, 3.8) is 0 Å². The highest BCUT2D eigenvalue weighted by molar-refractivity contribution is 6.02. The Bertz CT molecular complexity index is 664. The summed E-state index contributed by atoms with van der Waals surface area (Å²) in [5.74, 6) is -0.525. The number of benzene rings is 2. The summed E-state index contributed by atoms with van der Waals surface area (Å²) in [6, 6.07) is 10.7. The molecule has 0 radical (unpaired) electrons. The van der Waals surface area contributed by atoms with Gasteiger partial charge >= 0.3 is 0 Å². The summed E-state index contributed by atoms with van der Waals surface area (Å²) in [6.07, 6.45) is 1.60. The maximum atomic E-state index is 13.9. The molecule has 1 aliphatic heterocycles. The number of hydrazine groups is 1. The Morgan fingerprint density at radius 1 is 1.17 bits per heavy atom. The maximum absolute atomic E-state index is 13.9. The minimum Gasteiger partial charge on any atom is -0.287 e. The third kappa shape index (κ3) is 1.76. The van der Waals surface area contributed by atoms with Crippen molar-refractivity contribution in [3.05, 3.63) is 53.4 Å². The van der Waals surface area contributed by atoms with Crippen molar-refractivity contribution < 1.29 is 9.18 Å². The fraction of sp³-hybridized carbons (Fsp3) is 0.0714. The van der Waals surface area contributed by atoms with Crippen LogP contribution in [-0.4, -0.2) is 12.5 Å². The fourth-order valence-electron chi connectivity index (χ4n) is 2.09. The van der Waals surface area contributed by atoms with Crippen LogP contribution < -0.4 is 10.9 Å². The van der Waals surface area contributed by atoms with Crippen LogP contribution in [0.5, 0.6) is 0 Å². The van der Waals surface area contributed by atoms with Crippen LogP contribution in [0.4, 0.5) is 4.39 Å². The van der Waals surface area contributed by atoms with Gasteiger partial charge in [-0.2, -0.15) is 0 Å². The van der Waals surface area contributed by atoms with Crippen molar-refractivity contribution in [2.24, 2.45) is 0 Å². The van der Waals surface area contributed by atoms with E-state index in [1.807, 2.05) is 24.3 Å². The Labute approximate surface area is 103 Å². The van der Waals surface area contributed by atoms with Gasteiger partial charge in [-0.15, -0.1) is 0 Å². The number of carbonyl (C=O) groups excluding carboxylic acids is 1. The van der Waals surface area contributed by atoms with E-state index in [9.17, 15) is 9.18 Å². The normalized spacial score (nSPS) is 17.4. The van der Waals surface area contributed by atoms with E-state index in [0.29, 0.717) is 17.7 Å². The van der Waals surface area contributed by atoms with Crippen molar-refractivity contribution in [2.75, 3.05) is 6.54 Å². The van der Waals surface area contributed by atoms with E-state index in [-0.39, 0.29) is 11.7 Å². The van der Waals surface area contributed by atoms with Gasteiger partial charge in [0.25, 0.3) is 5.91 Å². The average molecular weight is 242 g/mol. The van der Waals surface area contributed by atoms with Gasteiger partial charge in [0.05, 0.1) is 0 Å². The SMILES string of the molecule is O=C1NNC/C1=C\c1c(F)ccc2ccccc12. The topological polar surface area (TPSA) is 41.1 Å². The number of carbonyl (C=O) groups is 1. The summed E-state index contributed by atoms with van der Waals surface area (Å²) in [4.78, 5) is 11.5. The molecule has 1 fully saturated rings. The van der Waals surface area contributed by atoms with Crippen molar-refractivity contribution in [3.8, 4) is 0 Å². The largest absolute Gasteiger partial charge is 0.287 e. The zero-order valence-electron chi connectivity index (χ0n) is 9.53. The second kappa shape index (κ2) is 4.23. The highest BCUT2D eigenvalue weighted by atomic mass is 19.1. The first-order valence-corrected chi connectivity index (χ1v) is 5.67. The molecule has 1 aliphatic rings. The summed E-state index contributed by atoms with van der Waals surface area (Å²) in [5.41, 5.74) is 6.19. The van der Waals surface area contributed by atoms with E-state index in [4.69, 9.17) is 0 Å². The zero-order valence-corrected chi connectivity index (χ0v) is 9.53. The molecular weight excluding hydrogens is 231 g/mol. The molecule has 0 aromatic heterocycles. The summed E-state index contributed by atoms with van der Waals surface area (Å²) >= 11 is 0. The second-order valence-electron chi connectivity index (χ2n) is 4.16. The molecule has 1 amide bonds. The van der Waals surface area contributed by atoms with Gasteiger partial charge in [-0.05, 0) is 22.9 Å². The van der Waals surface area contributed by atoms with Gasteiger partial charge in [0.1, 0.15) is 5.82 Å². The number of hydrogen-bond acceptors (Lipinski definition) is 2. The smallest absolute Gasteiger partial charge is 0.262 e. The van der Waals surface area contributed by atoms with E-state index in [1.165, 1.54) is 6.07 Å². The quantitative estimate of drug-likeness (QED) is 0.751. The second-order valence-corrected chi connectivity index (χ2v) is 4.16. The number of halogens is 1. The Balaban J connectivity index is 2.22. The van der Waals surface area contributed by atoms with Crippen LogP contribution in [-0.2, 0) is 4.79 Å². The molecule has 3 rings (SSSR count). The average Bonchev–Trinajstić information content (AvgIpc) is 2.79. The lowest BCUT2D eigenvalue weighted by Crippen LogP contribution is -2.25. The first kappa shape index (κ1) is 10.9. The van der Waals surface area contributed by atoms with E-state index in [0.717, 1.165) is 10.8 Å². The van der Waals surface area contributed by atoms with Gasteiger partial charge in [-0.1, -0.05) is 30.3 Å². The molecule has 0 unspecified atom stereocenters. The Kier molecular flexibility index (Phi) is 2.57. The van der Waals surface area contributed by atoms with E-state index in [2.05, 4.69) is 10.9 Å². The summed E-state index contributed by atoms with van der Waals surface area (Å²) in [6.45, 7) is 0.404. The third-order valence-corrected chi connectivity index (χ3v) is 3.01. The van der Waals surface area contributed by atoms with E-state index in [1.54, 1.807) is 12.1 Å². The Hall–Kier alpha value is -2.20. The lowest BCUT2D eigenvalue weighted by atomic mass is 10.0. The highest BCUT2D eigenvalue weighted by Gasteiger charge is 2.17. The molecule has 0 spiro atoms. The molecule has 0 saturated carbocycles. The monoisotopic (exact) mass is 242 g/mol. The van der Waals surface area contributed by atoms with Gasteiger partial charge in [-0.25, -0.2) is 9.82 Å². The number of nitrogens with one attached hydrogen (secondary N) is 2. The predicted octanol–water partition coefficient (Wildman–Crippen LogP) is 2.00. The molecule has 1 heterocycles. The number of amides is 1. The summed E-state index contributed by atoms with van der Waals surface area (Å²) < 4.78 is 13.9. The van der Waals surface area contributed by atoms with Crippen LogP contribution in [0.2, 0.25) is 0 Å². The predicted molar refractivity (Wildman–Crippen MR) is 68.0 cm³/mol. The minimum atomic E-state index is -0.319. The van der Waals surface area contributed by atoms with Gasteiger partial charge in [-0.3, -0.25) is 10.2 Å². The van der Waals surface area contributed by atoms with E-state index < -0.39 is 0 Å². The third-order valence-electron chi connectivity index (χ3n) is 3.01. The highest BCUT2D eigenvalue weighted by Crippen LogP contribution is 2.24. The number of rotatable bonds is 1. The maximum Gasteiger partial charge on any atom is 0.262 e. The van der Waals surface area contributed by atoms with Crippen LogP contribution in [0.25, 0.3) is 16.8 Å². The first-order chi connectivity index (χ1) is 8.75. The van der Waals surface area contributed by atoms with Crippen molar-refractivity contribution in [1.29, 1.82) is 0 Å². The molecule has 90 valence electrons. The Morgan fingerprint density at radius 2 is 2.00 bits per heavy atom. The van der Waals surface area contributed by atoms with Crippen molar-refractivity contribution in [1.82, 2.24) is 10.9 Å². The number of hydrogen-bond donors (Lipinski definition) is 2.